The van der Waals surface area contributed by atoms with E-state index in [1.54, 1.807) is 43.6 Å². The lowest BCUT2D eigenvalue weighted by Crippen LogP contribution is -2.12. The third-order valence-corrected chi connectivity index (χ3v) is 3.80. The number of anilines is 1. The Hall–Kier alpha value is -2.40. The number of nitrogens with zero attached hydrogens (tertiary/aromatic N) is 1. The Bertz CT molecular complexity index is 832. The number of amides is 1. The third-order valence-electron chi connectivity index (χ3n) is 3.30. The van der Waals surface area contributed by atoms with Gasteiger partial charge in [0.1, 0.15) is 5.75 Å². The van der Waals surface area contributed by atoms with Gasteiger partial charge in [0.25, 0.3) is 5.91 Å². The van der Waals surface area contributed by atoms with E-state index >= 15 is 0 Å². The van der Waals surface area contributed by atoms with Crippen LogP contribution in [0.25, 0.3) is 10.9 Å². The number of ether oxygens (including phenoxy) is 1. The van der Waals surface area contributed by atoms with Crippen molar-refractivity contribution < 1.29 is 9.53 Å². The summed E-state index contributed by atoms with van der Waals surface area (Å²) in [5.41, 5.74) is 2.13. The fourth-order valence-electron chi connectivity index (χ4n) is 2.16. The zero-order chi connectivity index (χ0) is 15.5. The monoisotopic (exact) mass is 356 g/mol. The number of fused-ring (bicyclic) bond motifs is 1. The Kier molecular flexibility index (Phi) is 4.06. The maximum absolute atomic E-state index is 12.4. The van der Waals surface area contributed by atoms with Crippen LogP contribution in [0.1, 0.15) is 10.4 Å². The molecule has 110 valence electrons. The standard InChI is InChI=1S/C17H13BrN2O2/c1-22-13-5-2-11(3-6-13)17(21)20-16-8-9-19-15-7-4-12(18)10-14(15)16/h2-10H,1H3,(H,19,20,21). The predicted octanol–water partition coefficient (Wildman–Crippen LogP) is 4.26. The molecule has 1 amide bonds. The van der Waals surface area contributed by atoms with E-state index in [4.69, 9.17) is 4.74 Å². The number of hydrogen-bond acceptors (Lipinski definition) is 3. The average Bonchev–Trinajstić information content (AvgIpc) is 2.55. The van der Waals surface area contributed by atoms with Crippen LogP contribution in [0.2, 0.25) is 0 Å². The normalized spacial score (nSPS) is 10.5. The number of aromatic nitrogens is 1. The highest BCUT2D eigenvalue weighted by molar-refractivity contribution is 9.10. The molecule has 0 aliphatic heterocycles. The van der Waals surface area contributed by atoms with Gasteiger partial charge >= 0.3 is 0 Å². The smallest absolute Gasteiger partial charge is 0.255 e. The summed E-state index contributed by atoms with van der Waals surface area (Å²) in [5, 5.41) is 3.81. The summed E-state index contributed by atoms with van der Waals surface area (Å²) in [6.07, 6.45) is 1.68. The second kappa shape index (κ2) is 6.15. The van der Waals surface area contributed by atoms with Gasteiger partial charge in [0.15, 0.2) is 0 Å². The van der Waals surface area contributed by atoms with Crippen molar-refractivity contribution in [1.29, 1.82) is 0 Å². The molecule has 3 aromatic rings. The van der Waals surface area contributed by atoms with Crippen molar-refractivity contribution in [3.05, 3.63) is 64.8 Å². The van der Waals surface area contributed by atoms with Gasteiger partial charge in [-0.2, -0.15) is 0 Å². The molecular weight excluding hydrogens is 344 g/mol. The molecule has 0 saturated heterocycles. The van der Waals surface area contributed by atoms with Crippen molar-refractivity contribution in [2.45, 2.75) is 0 Å². The summed E-state index contributed by atoms with van der Waals surface area (Å²) in [5.74, 6) is 0.546. The van der Waals surface area contributed by atoms with E-state index in [-0.39, 0.29) is 5.91 Å². The summed E-state index contributed by atoms with van der Waals surface area (Å²) in [6, 6.07) is 14.5. The van der Waals surface area contributed by atoms with Gasteiger partial charge in [0.05, 0.1) is 18.3 Å². The maximum atomic E-state index is 12.4. The number of halogens is 1. The molecule has 0 radical (unpaired) electrons. The van der Waals surface area contributed by atoms with E-state index < -0.39 is 0 Å². The van der Waals surface area contributed by atoms with Crippen molar-refractivity contribution in [2.75, 3.05) is 12.4 Å². The van der Waals surface area contributed by atoms with Crippen molar-refractivity contribution >= 4 is 38.4 Å². The lowest BCUT2D eigenvalue weighted by Gasteiger charge is -2.09. The summed E-state index contributed by atoms with van der Waals surface area (Å²) < 4.78 is 6.03. The molecule has 1 aromatic heterocycles. The molecule has 0 spiro atoms. The molecule has 1 heterocycles. The fourth-order valence-corrected chi connectivity index (χ4v) is 2.53. The molecule has 0 saturated carbocycles. The number of carbonyl (C=O) groups is 1. The van der Waals surface area contributed by atoms with E-state index in [1.165, 1.54) is 0 Å². The quantitative estimate of drug-likeness (QED) is 0.762. The molecule has 5 heteroatoms. The first-order valence-electron chi connectivity index (χ1n) is 6.67. The zero-order valence-electron chi connectivity index (χ0n) is 11.8. The highest BCUT2D eigenvalue weighted by Gasteiger charge is 2.09. The minimum Gasteiger partial charge on any atom is -0.497 e. The Morgan fingerprint density at radius 3 is 2.64 bits per heavy atom. The van der Waals surface area contributed by atoms with E-state index in [0.717, 1.165) is 26.8 Å². The molecule has 4 nitrogen and oxygen atoms in total. The molecule has 0 atom stereocenters. The maximum Gasteiger partial charge on any atom is 0.255 e. The van der Waals surface area contributed by atoms with E-state index in [1.807, 2.05) is 18.2 Å². The van der Waals surface area contributed by atoms with E-state index in [0.29, 0.717) is 5.56 Å². The van der Waals surface area contributed by atoms with Gasteiger partial charge < -0.3 is 10.1 Å². The zero-order valence-corrected chi connectivity index (χ0v) is 13.4. The summed E-state index contributed by atoms with van der Waals surface area (Å²) in [4.78, 5) is 16.7. The van der Waals surface area contributed by atoms with Crippen LogP contribution in [0, 0.1) is 0 Å². The van der Waals surface area contributed by atoms with E-state index in [9.17, 15) is 4.79 Å². The van der Waals surface area contributed by atoms with Gasteiger partial charge in [-0.05, 0) is 48.5 Å². The van der Waals surface area contributed by atoms with Gasteiger partial charge in [-0.25, -0.2) is 0 Å². The second-order valence-corrected chi connectivity index (χ2v) is 5.62. The second-order valence-electron chi connectivity index (χ2n) is 4.70. The van der Waals surface area contributed by atoms with Crippen molar-refractivity contribution in [3.63, 3.8) is 0 Å². The highest BCUT2D eigenvalue weighted by atomic mass is 79.9. The van der Waals surface area contributed by atoms with Crippen molar-refractivity contribution in [1.82, 2.24) is 4.98 Å². The van der Waals surface area contributed by atoms with Crippen LogP contribution >= 0.6 is 15.9 Å². The van der Waals surface area contributed by atoms with E-state index in [2.05, 4.69) is 26.2 Å². The van der Waals surface area contributed by atoms with Crippen LogP contribution in [0.15, 0.2) is 59.2 Å². The summed E-state index contributed by atoms with van der Waals surface area (Å²) >= 11 is 3.44. The number of hydrogen-bond donors (Lipinski definition) is 1. The minimum absolute atomic E-state index is 0.171. The fraction of sp³-hybridized carbons (Fsp3) is 0.0588. The Morgan fingerprint density at radius 2 is 1.91 bits per heavy atom. The highest BCUT2D eigenvalue weighted by Crippen LogP contribution is 2.25. The SMILES string of the molecule is COc1ccc(C(=O)Nc2ccnc3ccc(Br)cc23)cc1. The first-order valence-corrected chi connectivity index (χ1v) is 7.46. The first-order chi connectivity index (χ1) is 10.7. The Labute approximate surface area is 136 Å². The van der Waals surface area contributed by atoms with Gasteiger partial charge in [-0.3, -0.25) is 9.78 Å². The van der Waals surface area contributed by atoms with Gasteiger partial charge in [0, 0.05) is 21.6 Å². The molecule has 1 N–H and O–H groups in total. The van der Waals surface area contributed by atoms with Crippen LogP contribution < -0.4 is 10.1 Å². The number of carbonyl (C=O) groups excluding carboxylic acids is 1. The number of nitrogens with one attached hydrogen (secondary N) is 1. The predicted molar refractivity (Wildman–Crippen MR) is 90.4 cm³/mol. The van der Waals surface area contributed by atoms with Gasteiger partial charge in [0.2, 0.25) is 0 Å². The molecular formula is C17H13BrN2O2. The average molecular weight is 357 g/mol. The molecule has 2 aromatic carbocycles. The van der Waals surface area contributed by atoms with Crippen molar-refractivity contribution in [3.8, 4) is 5.75 Å². The van der Waals surface area contributed by atoms with Gasteiger partial charge in [-0.15, -0.1) is 0 Å². The lowest BCUT2D eigenvalue weighted by atomic mass is 10.1. The molecule has 0 aliphatic rings. The summed E-state index contributed by atoms with van der Waals surface area (Å²) in [6.45, 7) is 0. The van der Waals surface area contributed by atoms with Crippen LogP contribution in [-0.4, -0.2) is 18.0 Å². The van der Waals surface area contributed by atoms with Crippen molar-refractivity contribution in [2.24, 2.45) is 0 Å². The Balaban J connectivity index is 1.91. The molecule has 0 unspecified atom stereocenters. The molecule has 3 rings (SSSR count). The molecule has 0 bridgehead atoms. The van der Waals surface area contributed by atoms with Crippen LogP contribution in [-0.2, 0) is 0 Å². The van der Waals surface area contributed by atoms with Crippen LogP contribution in [0.3, 0.4) is 0 Å². The number of pyridine rings is 1. The number of rotatable bonds is 3. The van der Waals surface area contributed by atoms with Crippen LogP contribution in [0.5, 0.6) is 5.75 Å². The van der Waals surface area contributed by atoms with Gasteiger partial charge in [-0.1, -0.05) is 15.9 Å². The molecule has 0 aliphatic carbocycles. The topological polar surface area (TPSA) is 51.2 Å². The van der Waals surface area contributed by atoms with Crippen LogP contribution in [0.4, 0.5) is 5.69 Å². The number of benzene rings is 2. The first kappa shape index (κ1) is 14.5. The number of methoxy groups -OCH3 is 1. The summed E-state index contributed by atoms with van der Waals surface area (Å²) in [7, 11) is 1.59. The largest absolute Gasteiger partial charge is 0.497 e. The molecule has 0 fully saturated rings. The molecule has 22 heavy (non-hydrogen) atoms. The minimum atomic E-state index is -0.171. The third kappa shape index (κ3) is 2.94. The Morgan fingerprint density at radius 1 is 1.14 bits per heavy atom. The lowest BCUT2D eigenvalue weighted by molar-refractivity contribution is 0.102.